The summed E-state index contributed by atoms with van der Waals surface area (Å²) in [5.74, 6) is 2.90. The summed E-state index contributed by atoms with van der Waals surface area (Å²) in [6.45, 7) is 8.75. The molecular weight excluding hydrogens is 486 g/mol. The lowest BCUT2D eigenvalue weighted by atomic mass is 9.99. The molecule has 6 rings (SSSR count). The van der Waals surface area contributed by atoms with E-state index < -0.39 is 0 Å². The molecule has 0 bridgehead atoms. The first kappa shape index (κ1) is 25.2. The summed E-state index contributed by atoms with van der Waals surface area (Å²) < 4.78 is 1.91. The fraction of sp³-hybridized carbons (Fsp3) is 0.355. The van der Waals surface area contributed by atoms with Crippen LogP contribution in [0.25, 0.3) is 22.5 Å². The van der Waals surface area contributed by atoms with Crippen molar-refractivity contribution in [3.63, 3.8) is 0 Å². The first-order chi connectivity index (χ1) is 19.0. The Bertz CT molecular complexity index is 1510. The van der Waals surface area contributed by atoms with Crippen molar-refractivity contribution >= 4 is 17.5 Å². The number of anilines is 2. The third-order valence-electron chi connectivity index (χ3n) is 7.76. The number of pyridine rings is 1. The number of rotatable bonds is 7. The molecule has 39 heavy (non-hydrogen) atoms. The highest BCUT2D eigenvalue weighted by Gasteiger charge is 2.30. The monoisotopic (exact) mass is 521 g/mol. The molecule has 1 saturated heterocycles. The minimum absolute atomic E-state index is 0.00699. The number of piperidine rings is 1. The number of aromatic nitrogens is 4. The predicted molar refractivity (Wildman–Crippen MR) is 154 cm³/mol. The van der Waals surface area contributed by atoms with Crippen LogP contribution in [0.1, 0.15) is 48.2 Å². The molecule has 2 aliphatic heterocycles. The van der Waals surface area contributed by atoms with E-state index in [2.05, 4.69) is 51.6 Å². The molecule has 0 saturated carbocycles. The SMILES string of the molecule is CCNc1cc(-c2ccccc2-c2nncn2C)cc(N2Cc3ccc(CN4CCC[C@H](C)C4)cc3C2=O)n1. The second-order valence-corrected chi connectivity index (χ2v) is 10.8. The van der Waals surface area contributed by atoms with E-state index in [1.807, 2.05) is 48.9 Å². The summed E-state index contributed by atoms with van der Waals surface area (Å²) >= 11 is 0. The molecule has 2 aromatic heterocycles. The highest BCUT2D eigenvalue weighted by atomic mass is 16.2. The molecule has 0 radical (unpaired) electrons. The number of hydrogen-bond donors (Lipinski definition) is 1. The molecule has 8 nitrogen and oxygen atoms in total. The first-order valence-corrected chi connectivity index (χ1v) is 13.9. The van der Waals surface area contributed by atoms with Gasteiger partial charge in [0, 0.05) is 37.8 Å². The topological polar surface area (TPSA) is 79.2 Å². The third-order valence-corrected chi connectivity index (χ3v) is 7.76. The number of amides is 1. The molecule has 0 spiro atoms. The zero-order valence-electron chi connectivity index (χ0n) is 22.9. The van der Waals surface area contributed by atoms with Crippen molar-refractivity contribution in [2.24, 2.45) is 13.0 Å². The van der Waals surface area contributed by atoms with Gasteiger partial charge >= 0.3 is 0 Å². The molecular formula is C31H35N7O. The van der Waals surface area contributed by atoms with Gasteiger partial charge in [0.15, 0.2) is 5.82 Å². The van der Waals surface area contributed by atoms with E-state index in [0.29, 0.717) is 12.4 Å². The minimum atomic E-state index is 0.00699. The Morgan fingerprint density at radius 1 is 1.05 bits per heavy atom. The second kappa shape index (κ2) is 10.6. The van der Waals surface area contributed by atoms with Crippen LogP contribution in [0.3, 0.4) is 0 Å². The van der Waals surface area contributed by atoms with Gasteiger partial charge in [-0.1, -0.05) is 43.3 Å². The van der Waals surface area contributed by atoms with Crippen molar-refractivity contribution in [1.82, 2.24) is 24.6 Å². The quantitative estimate of drug-likeness (QED) is 0.352. The summed E-state index contributed by atoms with van der Waals surface area (Å²) in [5.41, 5.74) is 5.99. The molecule has 0 unspecified atom stereocenters. The first-order valence-electron chi connectivity index (χ1n) is 13.9. The Morgan fingerprint density at radius 3 is 2.67 bits per heavy atom. The fourth-order valence-electron chi connectivity index (χ4n) is 5.86. The maximum atomic E-state index is 13.7. The van der Waals surface area contributed by atoms with Crippen LogP contribution in [-0.2, 0) is 20.1 Å². The number of benzene rings is 2. The normalized spacial score (nSPS) is 17.5. The summed E-state index contributed by atoms with van der Waals surface area (Å²) in [6.07, 6.45) is 4.25. The number of fused-ring (bicyclic) bond motifs is 1. The van der Waals surface area contributed by atoms with Crippen molar-refractivity contribution in [3.8, 4) is 22.5 Å². The molecule has 2 aromatic carbocycles. The van der Waals surface area contributed by atoms with Gasteiger partial charge in [0.1, 0.15) is 18.0 Å². The fourth-order valence-corrected chi connectivity index (χ4v) is 5.86. The smallest absolute Gasteiger partial charge is 0.260 e. The van der Waals surface area contributed by atoms with Gasteiger partial charge in [-0.2, -0.15) is 0 Å². The van der Waals surface area contributed by atoms with Crippen LogP contribution in [0.4, 0.5) is 11.6 Å². The summed E-state index contributed by atoms with van der Waals surface area (Å²) in [7, 11) is 1.94. The van der Waals surface area contributed by atoms with E-state index >= 15 is 0 Å². The van der Waals surface area contributed by atoms with Gasteiger partial charge < -0.3 is 9.88 Å². The maximum Gasteiger partial charge on any atom is 0.260 e. The standard InChI is InChI=1S/C31H35N7O/c1-4-32-28-15-24(25-9-5-6-10-26(25)30-35-33-20-36(30)3)16-29(34-28)38-19-23-12-11-22(14-27(23)31(38)39)18-37-13-7-8-21(2)17-37/h5-6,9-12,14-16,20-21H,4,7-8,13,17-19H2,1-3H3,(H,32,34)/t21-/m0/s1. The van der Waals surface area contributed by atoms with Crippen LogP contribution in [0.2, 0.25) is 0 Å². The summed E-state index contributed by atoms with van der Waals surface area (Å²) in [6, 6.07) is 18.6. The number of aryl methyl sites for hydroxylation is 1. The average molecular weight is 522 g/mol. The minimum Gasteiger partial charge on any atom is -0.370 e. The van der Waals surface area contributed by atoms with Crippen molar-refractivity contribution < 1.29 is 4.79 Å². The van der Waals surface area contributed by atoms with Crippen LogP contribution in [0.15, 0.2) is 60.9 Å². The van der Waals surface area contributed by atoms with Crippen LogP contribution in [-0.4, -0.2) is 50.2 Å². The largest absolute Gasteiger partial charge is 0.370 e. The average Bonchev–Trinajstić information content (AvgIpc) is 3.51. The van der Waals surface area contributed by atoms with E-state index in [9.17, 15) is 4.79 Å². The van der Waals surface area contributed by atoms with Gasteiger partial charge in [-0.25, -0.2) is 4.98 Å². The number of nitrogens with one attached hydrogen (secondary N) is 1. The Balaban J connectivity index is 1.33. The zero-order chi connectivity index (χ0) is 26.9. The Morgan fingerprint density at radius 2 is 1.90 bits per heavy atom. The lowest BCUT2D eigenvalue weighted by molar-refractivity contribution is 0.0995. The van der Waals surface area contributed by atoms with Crippen LogP contribution < -0.4 is 10.2 Å². The molecule has 1 N–H and O–H groups in total. The molecule has 0 aliphatic carbocycles. The van der Waals surface area contributed by atoms with E-state index in [1.54, 1.807) is 11.2 Å². The third kappa shape index (κ3) is 5.04. The van der Waals surface area contributed by atoms with E-state index in [4.69, 9.17) is 4.98 Å². The van der Waals surface area contributed by atoms with Crippen molar-refractivity contribution in [1.29, 1.82) is 0 Å². The van der Waals surface area contributed by atoms with Crippen LogP contribution >= 0.6 is 0 Å². The van der Waals surface area contributed by atoms with Gasteiger partial charge in [0.05, 0.1) is 6.54 Å². The van der Waals surface area contributed by atoms with Crippen LogP contribution in [0, 0.1) is 5.92 Å². The number of nitrogens with zero attached hydrogens (tertiary/aromatic N) is 6. The molecule has 200 valence electrons. The lowest BCUT2D eigenvalue weighted by Gasteiger charge is -2.30. The van der Waals surface area contributed by atoms with Crippen molar-refractivity contribution in [2.45, 2.75) is 39.8 Å². The predicted octanol–water partition coefficient (Wildman–Crippen LogP) is 5.37. The van der Waals surface area contributed by atoms with Gasteiger partial charge in [-0.15, -0.1) is 10.2 Å². The Labute approximate surface area is 229 Å². The molecule has 8 heteroatoms. The molecule has 1 amide bonds. The highest BCUT2D eigenvalue weighted by molar-refractivity contribution is 6.10. The van der Waals surface area contributed by atoms with Crippen molar-refractivity contribution in [2.75, 3.05) is 29.9 Å². The number of carbonyl (C=O) groups is 1. The number of carbonyl (C=O) groups excluding carboxylic acids is 1. The van der Waals surface area contributed by atoms with Gasteiger partial charge in [0.2, 0.25) is 0 Å². The van der Waals surface area contributed by atoms with Gasteiger partial charge in [-0.3, -0.25) is 14.6 Å². The molecule has 4 aromatic rings. The van der Waals surface area contributed by atoms with E-state index in [0.717, 1.165) is 71.6 Å². The van der Waals surface area contributed by atoms with E-state index in [-0.39, 0.29) is 5.91 Å². The lowest BCUT2D eigenvalue weighted by Crippen LogP contribution is -2.33. The van der Waals surface area contributed by atoms with Crippen LogP contribution in [0.5, 0.6) is 0 Å². The Kier molecular flexibility index (Phi) is 6.87. The van der Waals surface area contributed by atoms with Crippen molar-refractivity contribution in [3.05, 3.63) is 77.6 Å². The molecule has 1 fully saturated rings. The second-order valence-electron chi connectivity index (χ2n) is 10.8. The van der Waals surface area contributed by atoms with E-state index in [1.165, 1.54) is 18.4 Å². The summed E-state index contributed by atoms with van der Waals surface area (Å²) in [5, 5.41) is 11.8. The zero-order valence-corrected chi connectivity index (χ0v) is 22.9. The molecule has 2 aliphatic rings. The molecule has 4 heterocycles. The Hall–Kier alpha value is -4.04. The number of hydrogen-bond acceptors (Lipinski definition) is 6. The maximum absolute atomic E-state index is 13.7. The highest BCUT2D eigenvalue weighted by Crippen LogP contribution is 2.36. The molecule has 1 atom stereocenters. The summed E-state index contributed by atoms with van der Waals surface area (Å²) in [4.78, 5) is 22.9. The van der Waals surface area contributed by atoms with Gasteiger partial charge in [-0.05, 0) is 72.7 Å². The number of likely N-dealkylation sites (tertiary alicyclic amines) is 1. The van der Waals surface area contributed by atoms with Gasteiger partial charge in [0.25, 0.3) is 5.91 Å².